The van der Waals surface area contributed by atoms with Crippen molar-refractivity contribution >= 4 is 15.9 Å². The third-order valence-electron chi connectivity index (χ3n) is 4.32. The van der Waals surface area contributed by atoms with E-state index in [0.29, 0.717) is 13.0 Å². The molecule has 2 atom stereocenters. The minimum atomic E-state index is -2.88. The minimum Gasteiger partial charge on any atom is -0.338 e. The Balaban J connectivity index is 1.50. The molecule has 1 saturated heterocycles. The molecule has 2 amide bonds. The van der Waals surface area contributed by atoms with Gasteiger partial charge in [0.25, 0.3) is 0 Å². The van der Waals surface area contributed by atoms with E-state index in [1.165, 1.54) is 11.1 Å². The van der Waals surface area contributed by atoms with Crippen molar-refractivity contribution in [3.8, 4) is 0 Å². The largest absolute Gasteiger partial charge is 0.338 e. The maximum absolute atomic E-state index is 12.0. The molecular formula is C15H20N2O3S. The Bertz CT molecular complexity index is 642. The van der Waals surface area contributed by atoms with Gasteiger partial charge in [0.1, 0.15) is 0 Å². The van der Waals surface area contributed by atoms with Crippen molar-refractivity contribution in [1.29, 1.82) is 0 Å². The summed E-state index contributed by atoms with van der Waals surface area (Å²) in [4.78, 5) is 12.0. The van der Waals surface area contributed by atoms with E-state index in [-0.39, 0.29) is 29.5 Å². The van der Waals surface area contributed by atoms with Gasteiger partial charge in [-0.15, -0.1) is 0 Å². The van der Waals surface area contributed by atoms with Gasteiger partial charge in [-0.2, -0.15) is 0 Å². The lowest BCUT2D eigenvalue weighted by molar-refractivity contribution is 0.235. The van der Waals surface area contributed by atoms with Gasteiger partial charge in [0.15, 0.2) is 9.84 Å². The number of aryl methyl sites for hydroxylation is 1. The Morgan fingerprint density at radius 1 is 1.24 bits per heavy atom. The van der Waals surface area contributed by atoms with Gasteiger partial charge in [-0.3, -0.25) is 0 Å². The predicted octanol–water partition coefficient (Wildman–Crippen LogP) is 1.41. The van der Waals surface area contributed by atoms with Gasteiger partial charge in [0.05, 0.1) is 17.5 Å². The third-order valence-corrected chi connectivity index (χ3v) is 6.15. The van der Waals surface area contributed by atoms with E-state index < -0.39 is 9.84 Å². The van der Waals surface area contributed by atoms with Crippen molar-refractivity contribution in [3.05, 3.63) is 35.4 Å². The molecule has 21 heavy (non-hydrogen) atoms. The number of benzene rings is 1. The summed E-state index contributed by atoms with van der Waals surface area (Å²) in [6.07, 6.45) is 2.56. The van der Waals surface area contributed by atoms with E-state index >= 15 is 0 Å². The molecular weight excluding hydrogens is 288 g/mol. The normalized spacial score (nSPS) is 26.3. The van der Waals surface area contributed by atoms with Crippen molar-refractivity contribution in [3.63, 3.8) is 0 Å². The van der Waals surface area contributed by atoms with Crippen LogP contribution in [0.25, 0.3) is 0 Å². The van der Waals surface area contributed by atoms with Gasteiger partial charge < -0.3 is 10.6 Å². The quantitative estimate of drug-likeness (QED) is 0.886. The number of rotatable bonds is 3. The summed E-state index contributed by atoms with van der Waals surface area (Å²) in [5.41, 5.74) is 2.49. The third kappa shape index (κ3) is 3.37. The molecule has 6 heteroatoms. The smallest absolute Gasteiger partial charge is 0.315 e. The second-order valence-electron chi connectivity index (χ2n) is 5.91. The van der Waals surface area contributed by atoms with E-state index in [0.717, 1.165) is 12.8 Å². The van der Waals surface area contributed by atoms with Gasteiger partial charge in [-0.05, 0) is 36.3 Å². The number of hydrogen-bond donors (Lipinski definition) is 2. The number of fused-ring (bicyclic) bond motifs is 1. The summed E-state index contributed by atoms with van der Waals surface area (Å²) < 4.78 is 22.7. The Kier molecular flexibility index (Phi) is 3.89. The molecule has 5 nitrogen and oxygen atoms in total. The molecule has 0 radical (unpaired) electrons. The Hall–Kier alpha value is -1.56. The lowest BCUT2D eigenvalue weighted by Crippen LogP contribution is -2.39. The minimum absolute atomic E-state index is 0.0524. The molecule has 0 unspecified atom stereocenters. The molecule has 0 aromatic heterocycles. The standard InChI is InChI=1S/C15H20N2O3S/c18-15(16-9-11-7-8-21(19,20)10-11)17-14-6-5-12-3-1-2-4-13(12)14/h1-4,11,14H,5-10H2,(H2,16,17,18)/t11-,14+/m1/s1. The molecule has 0 bridgehead atoms. The van der Waals surface area contributed by atoms with Gasteiger partial charge in [-0.1, -0.05) is 24.3 Å². The van der Waals surface area contributed by atoms with Crippen molar-refractivity contribution in [2.24, 2.45) is 5.92 Å². The van der Waals surface area contributed by atoms with Gasteiger partial charge in [-0.25, -0.2) is 13.2 Å². The lowest BCUT2D eigenvalue weighted by atomic mass is 10.1. The molecule has 0 saturated carbocycles. The molecule has 0 spiro atoms. The van der Waals surface area contributed by atoms with Crippen LogP contribution in [-0.4, -0.2) is 32.5 Å². The van der Waals surface area contributed by atoms with Crippen LogP contribution < -0.4 is 10.6 Å². The Morgan fingerprint density at radius 2 is 2.05 bits per heavy atom. The zero-order valence-electron chi connectivity index (χ0n) is 11.8. The molecule has 1 aromatic carbocycles. The van der Waals surface area contributed by atoms with Crippen LogP contribution in [0, 0.1) is 5.92 Å². The lowest BCUT2D eigenvalue weighted by Gasteiger charge is -2.16. The second kappa shape index (κ2) is 5.67. The topological polar surface area (TPSA) is 75.3 Å². The van der Waals surface area contributed by atoms with Gasteiger partial charge >= 0.3 is 6.03 Å². The first-order valence-corrected chi connectivity index (χ1v) is 9.18. The first-order chi connectivity index (χ1) is 10.0. The van der Waals surface area contributed by atoms with Crippen molar-refractivity contribution in [1.82, 2.24) is 10.6 Å². The molecule has 1 aliphatic carbocycles. The number of hydrogen-bond acceptors (Lipinski definition) is 3. The van der Waals surface area contributed by atoms with Crippen LogP contribution in [0.2, 0.25) is 0 Å². The average molecular weight is 308 g/mol. The number of amides is 2. The maximum Gasteiger partial charge on any atom is 0.315 e. The van der Waals surface area contributed by atoms with E-state index in [2.05, 4.69) is 22.8 Å². The predicted molar refractivity (Wildman–Crippen MR) is 80.8 cm³/mol. The fourth-order valence-corrected chi connectivity index (χ4v) is 5.05. The van der Waals surface area contributed by atoms with Gasteiger partial charge in [0.2, 0.25) is 0 Å². The molecule has 1 aliphatic heterocycles. The highest BCUT2D eigenvalue weighted by Gasteiger charge is 2.28. The summed E-state index contributed by atoms with van der Waals surface area (Å²) in [6, 6.07) is 8.01. The number of carbonyl (C=O) groups is 1. The van der Waals surface area contributed by atoms with Crippen molar-refractivity contribution < 1.29 is 13.2 Å². The summed E-state index contributed by atoms with van der Waals surface area (Å²) in [5.74, 6) is 0.493. The van der Waals surface area contributed by atoms with Crippen molar-refractivity contribution in [2.75, 3.05) is 18.1 Å². The van der Waals surface area contributed by atoms with Gasteiger partial charge in [0, 0.05) is 6.54 Å². The summed E-state index contributed by atoms with van der Waals surface area (Å²) >= 11 is 0. The number of carbonyl (C=O) groups excluding carboxylic acids is 1. The summed E-state index contributed by atoms with van der Waals surface area (Å²) in [5, 5.41) is 5.79. The molecule has 2 aliphatic rings. The van der Waals surface area contributed by atoms with E-state index in [1.807, 2.05) is 12.1 Å². The van der Waals surface area contributed by atoms with E-state index in [4.69, 9.17) is 0 Å². The SMILES string of the molecule is O=C(NC[C@H]1CCS(=O)(=O)C1)N[C@H]1CCc2ccccc21. The van der Waals surface area contributed by atoms with Crippen LogP contribution in [0.15, 0.2) is 24.3 Å². The van der Waals surface area contributed by atoms with Crippen LogP contribution in [0.1, 0.15) is 30.0 Å². The highest BCUT2D eigenvalue weighted by molar-refractivity contribution is 7.91. The molecule has 2 N–H and O–H groups in total. The first-order valence-electron chi connectivity index (χ1n) is 7.36. The fourth-order valence-electron chi connectivity index (χ4n) is 3.19. The monoisotopic (exact) mass is 308 g/mol. The second-order valence-corrected chi connectivity index (χ2v) is 8.14. The number of sulfone groups is 1. The molecule has 114 valence electrons. The first kappa shape index (κ1) is 14.4. The number of urea groups is 1. The van der Waals surface area contributed by atoms with E-state index in [9.17, 15) is 13.2 Å². The summed E-state index contributed by atoms with van der Waals surface area (Å²) in [7, 11) is -2.88. The molecule has 1 fully saturated rings. The van der Waals surface area contributed by atoms with Crippen LogP contribution in [0.4, 0.5) is 4.79 Å². The highest BCUT2D eigenvalue weighted by atomic mass is 32.2. The highest BCUT2D eigenvalue weighted by Crippen LogP contribution is 2.30. The van der Waals surface area contributed by atoms with Crippen LogP contribution >= 0.6 is 0 Å². The van der Waals surface area contributed by atoms with E-state index in [1.54, 1.807) is 0 Å². The zero-order valence-corrected chi connectivity index (χ0v) is 12.7. The average Bonchev–Trinajstić information content (AvgIpc) is 3.01. The zero-order chi connectivity index (χ0) is 14.9. The molecule has 1 aromatic rings. The van der Waals surface area contributed by atoms with Crippen molar-refractivity contribution in [2.45, 2.75) is 25.3 Å². The Labute approximate surface area is 125 Å². The van der Waals surface area contributed by atoms with Crippen LogP contribution in [0.3, 0.4) is 0 Å². The molecule has 3 rings (SSSR count). The maximum atomic E-state index is 12.0. The molecule has 1 heterocycles. The Morgan fingerprint density at radius 3 is 2.81 bits per heavy atom. The van der Waals surface area contributed by atoms with Crippen LogP contribution in [-0.2, 0) is 16.3 Å². The number of nitrogens with one attached hydrogen (secondary N) is 2. The van der Waals surface area contributed by atoms with Crippen LogP contribution in [0.5, 0.6) is 0 Å². The fraction of sp³-hybridized carbons (Fsp3) is 0.533. The summed E-state index contributed by atoms with van der Waals surface area (Å²) in [6.45, 7) is 0.430.